The van der Waals surface area contributed by atoms with Gasteiger partial charge in [-0.1, -0.05) is 39.0 Å². The van der Waals surface area contributed by atoms with Crippen LogP contribution < -0.4 is 4.90 Å². The second-order valence-electron chi connectivity index (χ2n) is 9.06. The van der Waals surface area contributed by atoms with Gasteiger partial charge in [0.25, 0.3) is 5.91 Å². The number of rotatable bonds is 4. The topological polar surface area (TPSA) is 97.3 Å². The molecule has 1 amide bonds. The van der Waals surface area contributed by atoms with Gasteiger partial charge in [-0.15, -0.1) is 20.4 Å². The average molecular weight is 432 g/mol. The first-order valence-electron chi connectivity index (χ1n) is 10.5. The van der Waals surface area contributed by atoms with E-state index in [0.29, 0.717) is 18.8 Å². The molecule has 1 aliphatic rings. The molecular formula is C22H25N9O. The van der Waals surface area contributed by atoms with Crippen molar-refractivity contribution in [2.75, 3.05) is 25.0 Å². The van der Waals surface area contributed by atoms with Crippen LogP contribution in [0.1, 0.15) is 37.1 Å². The van der Waals surface area contributed by atoms with E-state index in [1.54, 1.807) is 16.5 Å². The van der Waals surface area contributed by atoms with Crippen molar-refractivity contribution in [3.05, 3.63) is 60.2 Å². The van der Waals surface area contributed by atoms with E-state index in [-0.39, 0.29) is 17.4 Å². The maximum atomic E-state index is 12.9. The Morgan fingerprint density at radius 3 is 2.50 bits per heavy atom. The van der Waals surface area contributed by atoms with Crippen molar-refractivity contribution in [3.63, 3.8) is 0 Å². The molecule has 0 saturated carbocycles. The first-order chi connectivity index (χ1) is 15.3. The van der Waals surface area contributed by atoms with Crippen molar-refractivity contribution in [1.29, 1.82) is 0 Å². The molecule has 10 nitrogen and oxygen atoms in total. The molecule has 1 fully saturated rings. The number of nitrogens with zero attached hydrogens (tertiary/aromatic N) is 9. The molecule has 0 aliphatic carbocycles. The lowest BCUT2D eigenvalue weighted by Gasteiger charge is -2.44. The lowest BCUT2D eigenvalue weighted by Crippen LogP contribution is -2.60. The third kappa shape index (κ3) is 3.47. The number of fused-ring (bicyclic) bond motifs is 1. The van der Waals surface area contributed by atoms with E-state index >= 15 is 0 Å². The molecule has 4 aromatic rings. The number of para-hydroxylation sites is 1. The highest BCUT2D eigenvalue weighted by Gasteiger charge is 2.35. The van der Waals surface area contributed by atoms with E-state index in [2.05, 4.69) is 46.1 Å². The van der Waals surface area contributed by atoms with Crippen LogP contribution >= 0.6 is 0 Å². The lowest BCUT2D eigenvalue weighted by molar-refractivity contribution is 0.0698. The molecule has 164 valence electrons. The van der Waals surface area contributed by atoms with E-state index in [1.165, 1.54) is 11.0 Å². The summed E-state index contributed by atoms with van der Waals surface area (Å²) in [6.07, 6.45) is 1.51. The number of anilines is 1. The zero-order chi connectivity index (χ0) is 22.5. The van der Waals surface area contributed by atoms with E-state index in [9.17, 15) is 4.79 Å². The highest BCUT2D eigenvalue weighted by Crippen LogP contribution is 2.25. The van der Waals surface area contributed by atoms with Crippen LogP contribution in [0.4, 0.5) is 5.82 Å². The van der Waals surface area contributed by atoms with E-state index < -0.39 is 0 Å². The van der Waals surface area contributed by atoms with Crippen molar-refractivity contribution >= 4 is 17.4 Å². The molecule has 0 bridgehead atoms. The summed E-state index contributed by atoms with van der Waals surface area (Å²) in [6, 6.07) is 13.5. The maximum Gasteiger partial charge on any atom is 0.276 e. The zero-order valence-corrected chi connectivity index (χ0v) is 18.5. The highest BCUT2D eigenvalue weighted by molar-refractivity contribution is 5.92. The highest BCUT2D eigenvalue weighted by atomic mass is 16.2. The molecule has 10 heteroatoms. The normalized spacial score (nSPS) is 14.6. The molecule has 1 aliphatic heterocycles. The van der Waals surface area contributed by atoms with E-state index in [1.807, 2.05) is 42.5 Å². The van der Waals surface area contributed by atoms with Crippen molar-refractivity contribution < 1.29 is 4.79 Å². The minimum absolute atomic E-state index is 0.0740. The van der Waals surface area contributed by atoms with Crippen LogP contribution in [-0.2, 0) is 5.41 Å². The van der Waals surface area contributed by atoms with Crippen LogP contribution in [0.5, 0.6) is 0 Å². The maximum absolute atomic E-state index is 12.9. The number of amides is 1. The fraction of sp³-hybridized carbons (Fsp3) is 0.364. The summed E-state index contributed by atoms with van der Waals surface area (Å²) in [4.78, 5) is 18.3. The van der Waals surface area contributed by atoms with Crippen LogP contribution in [0.2, 0.25) is 0 Å². The Labute approximate surface area is 185 Å². The first-order valence-corrected chi connectivity index (χ1v) is 10.5. The summed E-state index contributed by atoms with van der Waals surface area (Å²) in [5, 5.41) is 21.8. The summed E-state index contributed by atoms with van der Waals surface area (Å²) >= 11 is 0. The van der Waals surface area contributed by atoms with Gasteiger partial charge in [0.15, 0.2) is 17.2 Å². The van der Waals surface area contributed by atoms with Gasteiger partial charge in [-0.2, -0.15) is 14.4 Å². The number of aromatic nitrogens is 7. The predicted molar refractivity (Wildman–Crippen MR) is 119 cm³/mol. The number of likely N-dealkylation sites (N-methyl/N-ethyl adjacent to an activating group) is 1. The average Bonchev–Trinajstić information content (AvgIpc) is 3.39. The third-order valence-electron chi connectivity index (χ3n) is 5.67. The standard InChI is InChI=1S/C22H25N9O/c1-22(2,3)21-25-24-18-10-11-19(27-30(18)21)29-13-16(14-29)28(4)20(32)17-12-23-31(26-17)15-8-6-5-7-9-15/h5-12,16H,13-14H2,1-4H3. The van der Waals surface area contributed by atoms with Crippen LogP contribution in [0, 0.1) is 0 Å². The largest absolute Gasteiger partial charge is 0.351 e. The Kier molecular flexibility index (Phi) is 4.65. The molecule has 0 atom stereocenters. The second-order valence-corrected chi connectivity index (χ2v) is 9.06. The molecule has 1 aromatic carbocycles. The van der Waals surface area contributed by atoms with Crippen molar-refractivity contribution in [3.8, 4) is 5.69 Å². The van der Waals surface area contributed by atoms with Crippen LogP contribution in [-0.4, -0.2) is 71.8 Å². The van der Waals surface area contributed by atoms with Gasteiger partial charge < -0.3 is 9.80 Å². The third-order valence-corrected chi connectivity index (χ3v) is 5.67. The van der Waals surface area contributed by atoms with Crippen LogP contribution in [0.15, 0.2) is 48.7 Å². The predicted octanol–water partition coefficient (Wildman–Crippen LogP) is 1.96. The Hall–Kier alpha value is -3.82. The molecule has 4 heterocycles. The van der Waals surface area contributed by atoms with E-state index in [4.69, 9.17) is 5.10 Å². The van der Waals surface area contributed by atoms with Crippen molar-refractivity contribution in [1.82, 2.24) is 39.7 Å². The fourth-order valence-corrected chi connectivity index (χ4v) is 3.70. The summed E-state index contributed by atoms with van der Waals surface area (Å²) in [6.45, 7) is 7.66. The van der Waals surface area contributed by atoms with Gasteiger partial charge in [-0.3, -0.25) is 4.79 Å². The number of hydrogen-bond donors (Lipinski definition) is 0. The zero-order valence-electron chi connectivity index (χ0n) is 18.5. The van der Waals surface area contributed by atoms with Gasteiger partial charge >= 0.3 is 0 Å². The fourth-order valence-electron chi connectivity index (χ4n) is 3.70. The summed E-state index contributed by atoms with van der Waals surface area (Å²) < 4.78 is 1.80. The first kappa shape index (κ1) is 20.1. The Morgan fingerprint density at radius 2 is 1.78 bits per heavy atom. The van der Waals surface area contributed by atoms with Gasteiger partial charge in [0.1, 0.15) is 5.82 Å². The Bertz CT molecular complexity index is 1270. The molecule has 0 radical (unpaired) electrons. The monoisotopic (exact) mass is 431 g/mol. The molecule has 3 aromatic heterocycles. The van der Waals surface area contributed by atoms with Gasteiger partial charge in [0.2, 0.25) is 0 Å². The van der Waals surface area contributed by atoms with Crippen molar-refractivity contribution in [2.24, 2.45) is 0 Å². The Balaban J connectivity index is 1.27. The number of carbonyl (C=O) groups is 1. The number of carbonyl (C=O) groups excluding carboxylic acids is 1. The van der Waals surface area contributed by atoms with Crippen LogP contribution in [0.25, 0.3) is 11.3 Å². The minimum atomic E-state index is -0.160. The van der Waals surface area contributed by atoms with Crippen molar-refractivity contribution in [2.45, 2.75) is 32.2 Å². The lowest BCUT2D eigenvalue weighted by atomic mass is 9.96. The van der Waals surface area contributed by atoms with Gasteiger partial charge in [-0.25, -0.2) is 0 Å². The van der Waals surface area contributed by atoms with Gasteiger partial charge in [0.05, 0.1) is 17.9 Å². The van der Waals surface area contributed by atoms with E-state index in [0.717, 1.165) is 23.0 Å². The van der Waals surface area contributed by atoms with Crippen LogP contribution in [0.3, 0.4) is 0 Å². The smallest absolute Gasteiger partial charge is 0.276 e. The molecule has 0 unspecified atom stereocenters. The van der Waals surface area contributed by atoms with Gasteiger partial charge in [-0.05, 0) is 24.3 Å². The summed E-state index contributed by atoms with van der Waals surface area (Å²) in [7, 11) is 1.81. The number of benzene rings is 1. The SMILES string of the molecule is CN(C(=O)c1cnn(-c2ccccc2)n1)C1CN(c2ccc3nnc(C(C)(C)C)n3n2)C1. The molecular weight excluding hydrogens is 406 g/mol. The summed E-state index contributed by atoms with van der Waals surface area (Å²) in [5.41, 5.74) is 1.71. The molecule has 1 saturated heterocycles. The minimum Gasteiger partial charge on any atom is -0.351 e. The Morgan fingerprint density at radius 1 is 1.03 bits per heavy atom. The second kappa shape index (κ2) is 7.40. The molecule has 5 rings (SSSR count). The molecule has 0 spiro atoms. The van der Waals surface area contributed by atoms with Gasteiger partial charge in [0, 0.05) is 25.6 Å². The number of hydrogen-bond acceptors (Lipinski definition) is 7. The molecule has 32 heavy (non-hydrogen) atoms. The summed E-state index contributed by atoms with van der Waals surface area (Å²) in [5.74, 6) is 1.52. The molecule has 0 N–H and O–H groups in total. The quantitative estimate of drug-likeness (QED) is 0.487.